The van der Waals surface area contributed by atoms with E-state index in [0.29, 0.717) is 5.84 Å². The van der Waals surface area contributed by atoms with Crippen LogP contribution in [0.25, 0.3) is 66.1 Å². The normalized spacial score (nSPS) is 12.7. The first kappa shape index (κ1) is 34.2. The van der Waals surface area contributed by atoms with Gasteiger partial charge in [-0.05, 0) is 102 Å². The Morgan fingerprint density at radius 3 is 1.51 bits per heavy atom. The molecule has 10 aromatic rings. The van der Waals surface area contributed by atoms with Crippen LogP contribution in [0, 0.1) is 0 Å². The van der Waals surface area contributed by atoms with Gasteiger partial charge in [-0.1, -0.05) is 127 Å². The molecule has 57 heavy (non-hydrogen) atoms. The average molecular weight is 734 g/mol. The second kappa shape index (κ2) is 14.7. The van der Waals surface area contributed by atoms with E-state index in [4.69, 9.17) is 9.98 Å². The third-order valence-corrected chi connectivity index (χ3v) is 10.9. The lowest BCUT2D eigenvalue weighted by Gasteiger charge is -2.14. The van der Waals surface area contributed by atoms with E-state index in [1.165, 1.54) is 43.7 Å². The van der Waals surface area contributed by atoms with Gasteiger partial charge < -0.3 is 9.13 Å². The molecule has 8 aromatic carbocycles. The van der Waals surface area contributed by atoms with E-state index < -0.39 is 0 Å². The number of para-hydroxylation sites is 3. The van der Waals surface area contributed by atoms with Crippen molar-refractivity contribution in [1.82, 2.24) is 14.5 Å². The highest BCUT2D eigenvalue weighted by Gasteiger charge is 2.17. The van der Waals surface area contributed by atoms with E-state index in [1.807, 2.05) is 61.8 Å². The minimum absolute atomic E-state index is 0.247. The second-order valence-corrected chi connectivity index (χ2v) is 14.3. The van der Waals surface area contributed by atoms with Crippen LogP contribution in [-0.2, 0) is 0 Å². The number of rotatable bonds is 8. The van der Waals surface area contributed by atoms with E-state index in [9.17, 15) is 0 Å². The zero-order valence-electron chi connectivity index (χ0n) is 31.5. The van der Waals surface area contributed by atoms with Gasteiger partial charge in [0.2, 0.25) is 0 Å². The lowest BCUT2D eigenvalue weighted by molar-refractivity contribution is 0.625. The Kier molecular flexibility index (Phi) is 8.82. The maximum Gasteiger partial charge on any atom is 0.156 e. The maximum atomic E-state index is 5.13. The van der Waals surface area contributed by atoms with Gasteiger partial charge in [-0.3, -0.25) is 5.32 Å². The molecule has 2 aromatic heterocycles. The lowest BCUT2D eigenvalue weighted by Crippen LogP contribution is -2.16. The molecule has 0 bridgehead atoms. The van der Waals surface area contributed by atoms with Gasteiger partial charge >= 0.3 is 0 Å². The summed E-state index contributed by atoms with van der Waals surface area (Å²) in [7, 11) is 1.93. The first-order valence-electron chi connectivity index (χ1n) is 19.4. The van der Waals surface area contributed by atoms with Crippen molar-refractivity contribution in [3.8, 4) is 22.5 Å². The predicted molar refractivity (Wildman–Crippen MR) is 239 cm³/mol. The van der Waals surface area contributed by atoms with Crippen molar-refractivity contribution < 1.29 is 0 Å². The lowest BCUT2D eigenvalue weighted by atomic mass is 10.0. The van der Waals surface area contributed by atoms with E-state index in [2.05, 4.69) is 166 Å². The van der Waals surface area contributed by atoms with Crippen LogP contribution in [0.1, 0.15) is 22.9 Å². The first-order chi connectivity index (χ1) is 28.2. The molecule has 5 nitrogen and oxygen atoms in total. The van der Waals surface area contributed by atoms with Gasteiger partial charge in [0.15, 0.2) is 5.84 Å². The van der Waals surface area contributed by atoms with Crippen LogP contribution < -0.4 is 5.32 Å². The minimum atomic E-state index is -0.247. The molecule has 0 saturated heterocycles. The summed E-state index contributed by atoms with van der Waals surface area (Å²) in [5.41, 5.74) is 12.4. The fraction of sp³-hybridized carbons (Fsp3) is 0.0385. The van der Waals surface area contributed by atoms with Gasteiger partial charge in [0.1, 0.15) is 6.17 Å². The largest absolute Gasteiger partial charge is 0.309 e. The number of hydrogen-bond donors (Lipinski definition) is 1. The number of nitrogens with one attached hydrogen (secondary N) is 1. The average Bonchev–Trinajstić information content (AvgIpc) is 3.80. The molecule has 2 heterocycles. The Morgan fingerprint density at radius 2 is 0.947 bits per heavy atom. The molecule has 1 atom stereocenters. The van der Waals surface area contributed by atoms with E-state index in [0.717, 1.165) is 39.1 Å². The van der Waals surface area contributed by atoms with Crippen LogP contribution in [0.2, 0.25) is 0 Å². The summed E-state index contributed by atoms with van der Waals surface area (Å²) in [4.78, 5) is 10.1. The van der Waals surface area contributed by atoms with Gasteiger partial charge in [-0.2, -0.15) is 0 Å². The van der Waals surface area contributed by atoms with E-state index >= 15 is 0 Å². The zero-order valence-corrected chi connectivity index (χ0v) is 31.5. The van der Waals surface area contributed by atoms with Crippen LogP contribution >= 0.6 is 0 Å². The monoisotopic (exact) mass is 733 g/mol. The van der Waals surface area contributed by atoms with Crippen molar-refractivity contribution in [2.45, 2.75) is 6.17 Å². The van der Waals surface area contributed by atoms with Crippen molar-refractivity contribution in [2.24, 2.45) is 9.98 Å². The molecular formula is C52H39N5. The fourth-order valence-corrected chi connectivity index (χ4v) is 8.12. The number of nitrogens with zero attached hydrogens (tertiary/aromatic N) is 4. The van der Waals surface area contributed by atoms with E-state index in [1.54, 1.807) is 0 Å². The molecule has 0 fully saturated rings. The van der Waals surface area contributed by atoms with Crippen molar-refractivity contribution in [3.63, 3.8) is 0 Å². The standard InChI is InChI=1S/C52H39N5/c1-53-51(37-17-7-3-8-18-37)55-52(54-35-36-15-5-2-6-16-36)38-25-29-42(30-26-38)57-48-24-14-12-22-44(48)46-34-40(28-32-50(46)57)39-27-31-49-45(33-39)43-21-11-13-23-47(43)56(49)41-19-9-4-10-20-41/h2-35,51,53H,1H3. The molecule has 5 heteroatoms. The molecule has 0 aliphatic carbocycles. The second-order valence-electron chi connectivity index (χ2n) is 14.3. The molecule has 10 rings (SSSR count). The molecule has 1 unspecified atom stereocenters. The summed E-state index contributed by atoms with van der Waals surface area (Å²) in [5.74, 6) is 0.657. The molecule has 0 amide bonds. The van der Waals surface area contributed by atoms with E-state index in [-0.39, 0.29) is 6.17 Å². The third kappa shape index (κ3) is 6.30. The zero-order chi connectivity index (χ0) is 38.1. The highest BCUT2D eigenvalue weighted by Crippen LogP contribution is 2.38. The number of benzene rings is 8. The molecule has 272 valence electrons. The van der Waals surface area contributed by atoms with Crippen molar-refractivity contribution in [2.75, 3.05) is 7.05 Å². The maximum absolute atomic E-state index is 5.13. The Labute approximate surface area is 331 Å². The molecule has 1 N–H and O–H groups in total. The van der Waals surface area contributed by atoms with Gasteiger partial charge in [-0.25, -0.2) is 9.98 Å². The van der Waals surface area contributed by atoms with Gasteiger partial charge in [0, 0.05) is 44.7 Å². The Bertz CT molecular complexity index is 3080. The quantitative estimate of drug-likeness (QED) is 0.123. The Hall–Kier alpha value is -7.34. The molecule has 0 spiro atoms. The summed E-state index contributed by atoms with van der Waals surface area (Å²) in [6.45, 7) is 0. The van der Waals surface area contributed by atoms with Crippen LogP contribution in [-0.4, -0.2) is 28.2 Å². The highest BCUT2D eigenvalue weighted by atomic mass is 15.1. The van der Waals surface area contributed by atoms with Crippen LogP contribution in [0.3, 0.4) is 0 Å². The SMILES string of the molecule is CNC(N=C(N=Cc1ccccc1)c1ccc(-n2c3ccccc3c3cc(-c4ccc5c(c4)c4ccccc4n5-c4ccccc4)ccc32)cc1)c1ccccc1. The molecular weight excluding hydrogens is 695 g/mol. The van der Waals surface area contributed by atoms with Gasteiger partial charge in [0.05, 0.1) is 22.1 Å². The fourth-order valence-electron chi connectivity index (χ4n) is 8.12. The first-order valence-corrected chi connectivity index (χ1v) is 19.4. The Balaban J connectivity index is 1.05. The summed E-state index contributed by atoms with van der Waals surface area (Å²) >= 11 is 0. The van der Waals surface area contributed by atoms with Crippen LogP contribution in [0.5, 0.6) is 0 Å². The number of aromatic nitrogens is 2. The molecule has 0 aliphatic heterocycles. The predicted octanol–water partition coefficient (Wildman–Crippen LogP) is 12.3. The van der Waals surface area contributed by atoms with Gasteiger partial charge in [0.25, 0.3) is 0 Å². The number of aliphatic imine (C=N–C) groups is 2. The summed E-state index contributed by atoms with van der Waals surface area (Å²) in [6, 6.07) is 70.8. The Morgan fingerprint density at radius 1 is 0.474 bits per heavy atom. The molecule has 0 aliphatic rings. The van der Waals surface area contributed by atoms with Crippen molar-refractivity contribution in [3.05, 3.63) is 217 Å². The number of fused-ring (bicyclic) bond motifs is 6. The smallest absolute Gasteiger partial charge is 0.156 e. The summed E-state index contributed by atoms with van der Waals surface area (Å²) in [6.07, 6.45) is 1.64. The molecule has 0 saturated carbocycles. The summed E-state index contributed by atoms with van der Waals surface area (Å²) < 4.78 is 4.72. The third-order valence-electron chi connectivity index (χ3n) is 10.9. The van der Waals surface area contributed by atoms with Crippen molar-refractivity contribution in [1.29, 1.82) is 0 Å². The van der Waals surface area contributed by atoms with Crippen LogP contribution in [0.4, 0.5) is 0 Å². The van der Waals surface area contributed by atoms with Gasteiger partial charge in [-0.15, -0.1) is 0 Å². The minimum Gasteiger partial charge on any atom is -0.309 e. The topological polar surface area (TPSA) is 46.6 Å². The number of amidine groups is 1. The van der Waals surface area contributed by atoms with Crippen molar-refractivity contribution >= 4 is 55.7 Å². The van der Waals surface area contributed by atoms with Crippen LogP contribution in [0.15, 0.2) is 210 Å². The summed E-state index contributed by atoms with van der Waals surface area (Å²) in [5, 5.41) is 8.29. The molecule has 0 radical (unpaired) electrons. The highest BCUT2D eigenvalue weighted by molar-refractivity contribution is 6.13. The number of hydrogen-bond acceptors (Lipinski definition) is 2.